The maximum Gasteiger partial charge on any atom is 0.175 e. The lowest BCUT2D eigenvalue weighted by Gasteiger charge is -2.13. The van der Waals surface area contributed by atoms with E-state index in [1.807, 2.05) is 0 Å². The molecule has 0 bridgehead atoms. The summed E-state index contributed by atoms with van der Waals surface area (Å²) in [5.74, 6) is 0.783. The molecule has 0 fully saturated rings. The average molecular weight is 336 g/mol. The molecule has 0 radical (unpaired) electrons. The maximum atomic E-state index is 13.4. The average Bonchev–Trinajstić information content (AvgIpc) is 2.45. The molecule has 0 spiro atoms. The topological polar surface area (TPSA) is 43.4 Å². The van der Waals surface area contributed by atoms with Crippen molar-refractivity contribution < 1.29 is 17.5 Å². The van der Waals surface area contributed by atoms with Crippen molar-refractivity contribution in [1.82, 2.24) is 0 Å². The van der Waals surface area contributed by atoms with E-state index in [0.717, 1.165) is 17.5 Å². The molecule has 0 aliphatic carbocycles. The summed E-state index contributed by atoms with van der Waals surface area (Å²) in [5, 5.41) is 0. The van der Waals surface area contributed by atoms with Crippen molar-refractivity contribution in [2.75, 3.05) is 6.26 Å². The minimum absolute atomic E-state index is 0.273. The Hall–Kier alpha value is -1.88. The molecule has 0 aliphatic rings. The maximum absolute atomic E-state index is 13.4. The van der Waals surface area contributed by atoms with E-state index in [1.54, 1.807) is 30.3 Å². The van der Waals surface area contributed by atoms with Crippen LogP contribution in [0.4, 0.5) is 4.39 Å². The Balaban J connectivity index is 2.11. The van der Waals surface area contributed by atoms with Gasteiger partial charge in [0.1, 0.15) is 18.2 Å². The molecule has 0 aromatic heterocycles. The smallest absolute Gasteiger partial charge is 0.175 e. The molecule has 23 heavy (non-hydrogen) atoms. The van der Waals surface area contributed by atoms with Crippen LogP contribution in [0.2, 0.25) is 0 Å². The normalized spacial score (nSPS) is 11.7. The lowest BCUT2D eigenvalue weighted by Crippen LogP contribution is -2.03. The van der Waals surface area contributed by atoms with Crippen LogP contribution < -0.4 is 4.74 Å². The van der Waals surface area contributed by atoms with Gasteiger partial charge in [-0.1, -0.05) is 26.0 Å². The van der Waals surface area contributed by atoms with Crippen molar-refractivity contribution in [3.05, 3.63) is 59.4 Å². The van der Waals surface area contributed by atoms with Crippen LogP contribution in [0.5, 0.6) is 5.75 Å². The van der Waals surface area contributed by atoms with E-state index < -0.39 is 9.84 Å². The molecule has 0 N–H and O–H groups in total. The van der Waals surface area contributed by atoms with E-state index in [2.05, 4.69) is 13.8 Å². The van der Waals surface area contributed by atoms with Crippen molar-refractivity contribution in [3.8, 4) is 5.75 Å². The molecule has 0 saturated carbocycles. The van der Waals surface area contributed by atoms with Crippen LogP contribution in [0.25, 0.3) is 0 Å². The van der Waals surface area contributed by atoms with Gasteiger partial charge in [0.2, 0.25) is 0 Å². The van der Waals surface area contributed by atoms with E-state index in [0.29, 0.717) is 18.3 Å². The van der Waals surface area contributed by atoms with Crippen LogP contribution in [-0.4, -0.2) is 14.7 Å². The Morgan fingerprint density at radius 3 is 2.30 bits per heavy atom. The van der Waals surface area contributed by atoms with Crippen molar-refractivity contribution in [1.29, 1.82) is 0 Å². The first-order chi connectivity index (χ1) is 10.8. The van der Waals surface area contributed by atoms with E-state index in [1.165, 1.54) is 18.4 Å². The summed E-state index contributed by atoms with van der Waals surface area (Å²) in [4.78, 5) is 0.281. The molecular formula is C18H21FO3S. The summed E-state index contributed by atoms with van der Waals surface area (Å²) in [6, 6.07) is 11.1. The molecule has 5 heteroatoms. The Morgan fingerprint density at radius 1 is 1.09 bits per heavy atom. The first-order valence-electron chi connectivity index (χ1n) is 7.46. The Morgan fingerprint density at radius 2 is 1.74 bits per heavy atom. The monoisotopic (exact) mass is 336 g/mol. The molecule has 124 valence electrons. The van der Waals surface area contributed by atoms with Gasteiger partial charge in [0.05, 0.1) is 4.90 Å². The highest BCUT2D eigenvalue weighted by atomic mass is 32.2. The summed E-state index contributed by atoms with van der Waals surface area (Å²) < 4.78 is 42.1. The number of hydrogen-bond acceptors (Lipinski definition) is 3. The molecule has 0 atom stereocenters. The first kappa shape index (κ1) is 17.5. The zero-order valence-corrected chi connectivity index (χ0v) is 14.4. The number of rotatable bonds is 6. The van der Waals surface area contributed by atoms with Gasteiger partial charge in [-0.3, -0.25) is 0 Å². The fourth-order valence-electron chi connectivity index (χ4n) is 2.28. The Labute approximate surface area is 137 Å². The minimum atomic E-state index is -3.19. The highest BCUT2D eigenvalue weighted by molar-refractivity contribution is 7.90. The van der Waals surface area contributed by atoms with Gasteiger partial charge >= 0.3 is 0 Å². The van der Waals surface area contributed by atoms with Crippen LogP contribution in [-0.2, 0) is 22.9 Å². The predicted octanol–water partition coefficient (Wildman–Crippen LogP) is 4.01. The van der Waals surface area contributed by atoms with E-state index in [-0.39, 0.29) is 10.7 Å². The number of hydrogen-bond donors (Lipinski definition) is 0. The molecule has 2 aromatic rings. The molecule has 0 unspecified atom stereocenters. The number of benzene rings is 2. The van der Waals surface area contributed by atoms with E-state index >= 15 is 0 Å². The summed E-state index contributed by atoms with van der Waals surface area (Å²) in [6.45, 7) is 4.44. The van der Waals surface area contributed by atoms with Crippen molar-refractivity contribution in [3.63, 3.8) is 0 Å². The Kier molecular flexibility index (Phi) is 5.42. The molecule has 0 heterocycles. The van der Waals surface area contributed by atoms with Gasteiger partial charge in [-0.25, -0.2) is 12.8 Å². The molecule has 0 aliphatic heterocycles. The van der Waals surface area contributed by atoms with Crippen LogP contribution in [0.3, 0.4) is 0 Å². The molecule has 0 saturated heterocycles. The summed E-state index contributed by atoms with van der Waals surface area (Å²) in [6.07, 6.45) is 1.91. The summed E-state index contributed by atoms with van der Waals surface area (Å²) >= 11 is 0. The highest BCUT2D eigenvalue weighted by Gasteiger charge is 2.09. The van der Waals surface area contributed by atoms with Crippen molar-refractivity contribution >= 4 is 9.84 Å². The van der Waals surface area contributed by atoms with Gasteiger partial charge in [-0.05, 0) is 53.8 Å². The van der Waals surface area contributed by atoms with Crippen molar-refractivity contribution in [2.45, 2.75) is 31.8 Å². The minimum Gasteiger partial charge on any atom is -0.489 e. The Bertz CT molecular complexity index is 765. The summed E-state index contributed by atoms with van der Waals surface area (Å²) in [7, 11) is -3.19. The number of sulfone groups is 1. The second kappa shape index (κ2) is 7.13. The molecule has 3 nitrogen and oxygen atoms in total. The zero-order valence-electron chi connectivity index (χ0n) is 13.5. The van der Waals surface area contributed by atoms with Crippen LogP contribution in [0.15, 0.2) is 47.4 Å². The van der Waals surface area contributed by atoms with Crippen molar-refractivity contribution in [2.24, 2.45) is 5.92 Å². The summed E-state index contributed by atoms with van der Waals surface area (Å²) in [5.41, 5.74) is 1.70. The molecular weight excluding hydrogens is 315 g/mol. The standard InChI is InChI=1S/C18H21FO3S/c1-13(2)10-15-11-16(19)6-9-18(15)22-12-14-4-7-17(8-5-14)23(3,20)21/h4-9,11,13H,10,12H2,1-3H3. The van der Waals surface area contributed by atoms with Gasteiger partial charge in [-0.15, -0.1) is 0 Å². The molecule has 0 amide bonds. The zero-order chi connectivity index (χ0) is 17.0. The third-order valence-electron chi connectivity index (χ3n) is 3.40. The number of ether oxygens (including phenoxy) is 1. The van der Waals surface area contributed by atoms with Gasteiger partial charge in [0.25, 0.3) is 0 Å². The first-order valence-corrected chi connectivity index (χ1v) is 9.35. The third-order valence-corrected chi connectivity index (χ3v) is 4.53. The molecule has 2 aromatic carbocycles. The van der Waals surface area contributed by atoms with Crippen LogP contribution in [0.1, 0.15) is 25.0 Å². The lowest BCUT2D eigenvalue weighted by molar-refractivity contribution is 0.301. The SMILES string of the molecule is CC(C)Cc1cc(F)ccc1OCc1ccc(S(C)(=O)=O)cc1. The van der Waals surface area contributed by atoms with Gasteiger partial charge in [0, 0.05) is 6.26 Å². The second-order valence-electron chi connectivity index (χ2n) is 6.05. The quantitative estimate of drug-likeness (QED) is 0.800. The largest absolute Gasteiger partial charge is 0.489 e. The fourth-order valence-corrected chi connectivity index (χ4v) is 2.91. The predicted molar refractivity (Wildman–Crippen MR) is 88.8 cm³/mol. The van der Waals surface area contributed by atoms with Crippen LogP contribution in [0, 0.1) is 11.7 Å². The van der Waals surface area contributed by atoms with E-state index in [9.17, 15) is 12.8 Å². The number of halogens is 1. The highest BCUT2D eigenvalue weighted by Crippen LogP contribution is 2.24. The van der Waals surface area contributed by atoms with Gasteiger partial charge < -0.3 is 4.74 Å². The third kappa shape index (κ3) is 5.06. The second-order valence-corrected chi connectivity index (χ2v) is 8.07. The lowest BCUT2D eigenvalue weighted by atomic mass is 10.0. The fraction of sp³-hybridized carbons (Fsp3) is 0.333. The van der Waals surface area contributed by atoms with E-state index in [4.69, 9.17) is 4.74 Å². The van der Waals surface area contributed by atoms with Gasteiger partial charge in [0.15, 0.2) is 9.84 Å². The van der Waals surface area contributed by atoms with Crippen LogP contribution >= 0.6 is 0 Å². The van der Waals surface area contributed by atoms with Gasteiger partial charge in [-0.2, -0.15) is 0 Å². The molecule has 2 rings (SSSR count).